The summed E-state index contributed by atoms with van der Waals surface area (Å²) in [6.45, 7) is 2.94. The van der Waals surface area contributed by atoms with Crippen LogP contribution in [0.2, 0.25) is 5.02 Å². The number of ether oxygens (including phenoxy) is 1. The summed E-state index contributed by atoms with van der Waals surface area (Å²) in [4.78, 5) is 35.2. The molecule has 0 aliphatic heterocycles. The number of hydrogen-bond acceptors (Lipinski definition) is 4. The SMILES string of the molecule is CC(=O)c1ccc(NC(=O)C(C)OC(=O)c2ccc(Cl)cc2)cc1. The van der Waals surface area contributed by atoms with Crippen molar-refractivity contribution >= 4 is 34.9 Å². The number of amides is 1. The predicted octanol–water partition coefficient (Wildman–Crippen LogP) is 3.73. The summed E-state index contributed by atoms with van der Waals surface area (Å²) in [5, 5.41) is 3.13. The van der Waals surface area contributed by atoms with Gasteiger partial charge < -0.3 is 10.1 Å². The predicted molar refractivity (Wildman–Crippen MR) is 91.4 cm³/mol. The van der Waals surface area contributed by atoms with Crippen LogP contribution in [0, 0.1) is 0 Å². The number of carbonyl (C=O) groups is 3. The van der Waals surface area contributed by atoms with Crippen molar-refractivity contribution in [3.63, 3.8) is 0 Å². The first-order valence-electron chi connectivity index (χ1n) is 7.25. The van der Waals surface area contributed by atoms with Crippen molar-refractivity contribution in [3.05, 3.63) is 64.7 Å². The van der Waals surface area contributed by atoms with Gasteiger partial charge >= 0.3 is 5.97 Å². The minimum absolute atomic E-state index is 0.0573. The zero-order valence-electron chi connectivity index (χ0n) is 13.2. The van der Waals surface area contributed by atoms with Gasteiger partial charge in [-0.1, -0.05) is 11.6 Å². The summed E-state index contributed by atoms with van der Waals surface area (Å²) in [6.07, 6.45) is -0.972. The number of Topliss-reactive ketones (excluding diaryl/α,β-unsaturated/α-hetero) is 1. The normalized spacial score (nSPS) is 11.5. The van der Waals surface area contributed by atoms with E-state index in [0.29, 0.717) is 21.8 Å². The fourth-order valence-corrected chi connectivity index (χ4v) is 2.03. The lowest BCUT2D eigenvalue weighted by atomic mass is 10.1. The van der Waals surface area contributed by atoms with Crippen LogP contribution >= 0.6 is 11.6 Å². The van der Waals surface area contributed by atoms with Gasteiger partial charge in [0.2, 0.25) is 0 Å². The molecule has 2 aromatic rings. The van der Waals surface area contributed by atoms with Crippen molar-refractivity contribution in [2.75, 3.05) is 5.32 Å². The highest BCUT2D eigenvalue weighted by Gasteiger charge is 2.19. The molecular weight excluding hydrogens is 330 g/mol. The smallest absolute Gasteiger partial charge is 0.338 e. The molecule has 0 saturated heterocycles. The Kier molecular flexibility index (Phi) is 5.71. The molecule has 2 aromatic carbocycles. The molecule has 0 bridgehead atoms. The van der Waals surface area contributed by atoms with Crippen LogP contribution in [-0.4, -0.2) is 23.8 Å². The summed E-state index contributed by atoms with van der Waals surface area (Å²) < 4.78 is 5.12. The van der Waals surface area contributed by atoms with Crippen LogP contribution in [0.25, 0.3) is 0 Å². The van der Waals surface area contributed by atoms with Crippen LogP contribution in [0.1, 0.15) is 34.6 Å². The van der Waals surface area contributed by atoms with Crippen molar-refractivity contribution in [3.8, 4) is 0 Å². The number of anilines is 1. The molecule has 1 atom stereocenters. The second-order valence-corrected chi connectivity index (χ2v) is 5.61. The molecule has 0 heterocycles. The Labute approximate surface area is 144 Å². The summed E-state index contributed by atoms with van der Waals surface area (Å²) >= 11 is 5.76. The van der Waals surface area contributed by atoms with E-state index < -0.39 is 18.0 Å². The lowest BCUT2D eigenvalue weighted by molar-refractivity contribution is -0.123. The molecule has 0 spiro atoms. The first kappa shape index (κ1) is 17.7. The number of benzene rings is 2. The van der Waals surface area contributed by atoms with Crippen LogP contribution in [0.4, 0.5) is 5.69 Å². The topological polar surface area (TPSA) is 72.5 Å². The Morgan fingerprint density at radius 1 is 0.958 bits per heavy atom. The van der Waals surface area contributed by atoms with Crippen LogP contribution in [0.5, 0.6) is 0 Å². The fourth-order valence-electron chi connectivity index (χ4n) is 1.90. The van der Waals surface area contributed by atoms with Crippen molar-refractivity contribution in [1.29, 1.82) is 0 Å². The third-order valence-electron chi connectivity index (χ3n) is 3.29. The first-order chi connectivity index (χ1) is 11.4. The fraction of sp³-hybridized carbons (Fsp3) is 0.167. The lowest BCUT2D eigenvalue weighted by Crippen LogP contribution is -2.30. The van der Waals surface area contributed by atoms with E-state index in [2.05, 4.69) is 5.32 Å². The van der Waals surface area contributed by atoms with Crippen LogP contribution in [0.15, 0.2) is 48.5 Å². The molecule has 2 rings (SSSR count). The van der Waals surface area contributed by atoms with E-state index in [1.807, 2.05) is 0 Å². The summed E-state index contributed by atoms with van der Waals surface area (Å²) in [5.74, 6) is -1.13. The molecular formula is C18H16ClNO4. The molecule has 1 amide bonds. The van der Waals surface area contributed by atoms with Gasteiger partial charge in [-0.05, 0) is 62.4 Å². The number of nitrogens with one attached hydrogen (secondary N) is 1. The third-order valence-corrected chi connectivity index (χ3v) is 3.54. The first-order valence-corrected chi connectivity index (χ1v) is 7.63. The van der Waals surface area contributed by atoms with Gasteiger partial charge in [0.25, 0.3) is 5.91 Å². The second kappa shape index (κ2) is 7.75. The van der Waals surface area contributed by atoms with E-state index in [4.69, 9.17) is 16.3 Å². The summed E-state index contributed by atoms with van der Waals surface area (Å²) in [6, 6.07) is 12.6. The van der Waals surface area contributed by atoms with Gasteiger partial charge in [-0.3, -0.25) is 9.59 Å². The molecule has 0 radical (unpaired) electrons. The number of carbonyl (C=O) groups excluding carboxylic acids is 3. The molecule has 0 saturated carbocycles. The number of esters is 1. The number of hydrogen-bond donors (Lipinski definition) is 1. The Hall–Kier alpha value is -2.66. The van der Waals surface area contributed by atoms with Crippen LogP contribution in [-0.2, 0) is 9.53 Å². The maximum Gasteiger partial charge on any atom is 0.338 e. The zero-order valence-corrected chi connectivity index (χ0v) is 14.0. The molecule has 0 aliphatic rings. The van der Waals surface area contributed by atoms with Gasteiger partial charge in [0.1, 0.15) is 0 Å². The Morgan fingerprint density at radius 3 is 2.04 bits per heavy atom. The molecule has 0 aliphatic carbocycles. The highest BCUT2D eigenvalue weighted by Crippen LogP contribution is 2.13. The monoisotopic (exact) mass is 345 g/mol. The Bertz CT molecular complexity index is 754. The molecule has 1 unspecified atom stereocenters. The van der Waals surface area contributed by atoms with Crippen molar-refractivity contribution in [2.24, 2.45) is 0 Å². The molecule has 0 fully saturated rings. The largest absolute Gasteiger partial charge is 0.449 e. The van der Waals surface area contributed by atoms with Crippen molar-refractivity contribution < 1.29 is 19.1 Å². The van der Waals surface area contributed by atoms with Gasteiger partial charge in [-0.2, -0.15) is 0 Å². The minimum Gasteiger partial charge on any atom is -0.449 e. The van der Waals surface area contributed by atoms with Gasteiger partial charge in [0.15, 0.2) is 11.9 Å². The van der Waals surface area contributed by atoms with Crippen molar-refractivity contribution in [1.82, 2.24) is 0 Å². The third kappa shape index (κ3) is 4.67. The van der Waals surface area contributed by atoms with Crippen LogP contribution < -0.4 is 5.32 Å². The summed E-state index contributed by atoms with van der Waals surface area (Å²) in [7, 11) is 0. The highest BCUT2D eigenvalue weighted by atomic mass is 35.5. The highest BCUT2D eigenvalue weighted by molar-refractivity contribution is 6.30. The van der Waals surface area contributed by atoms with E-state index in [1.165, 1.54) is 26.0 Å². The number of halogens is 1. The molecule has 0 aromatic heterocycles. The average molecular weight is 346 g/mol. The van der Waals surface area contributed by atoms with E-state index >= 15 is 0 Å². The number of rotatable bonds is 5. The second-order valence-electron chi connectivity index (χ2n) is 5.18. The Morgan fingerprint density at radius 2 is 1.50 bits per heavy atom. The zero-order chi connectivity index (χ0) is 17.7. The minimum atomic E-state index is -0.972. The van der Waals surface area contributed by atoms with Gasteiger partial charge in [-0.25, -0.2) is 4.79 Å². The molecule has 6 heteroatoms. The Balaban J connectivity index is 1.95. The maximum absolute atomic E-state index is 12.1. The standard InChI is InChI=1S/C18H16ClNO4/c1-11(21)13-5-9-16(10-6-13)20-17(22)12(2)24-18(23)14-3-7-15(19)8-4-14/h3-10,12H,1-2H3,(H,20,22). The summed E-state index contributed by atoms with van der Waals surface area (Å²) in [5.41, 5.74) is 1.37. The number of ketones is 1. The van der Waals surface area contributed by atoms with E-state index in [0.717, 1.165) is 0 Å². The van der Waals surface area contributed by atoms with Crippen LogP contribution in [0.3, 0.4) is 0 Å². The molecule has 1 N–H and O–H groups in total. The maximum atomic E-state index is 12.1. The lowest BCUT2D eigenvalue weighted by Gasteiger charge is -2.13. The quantitative estimate of drug-likeness (QED) is 0.662. The average Bonchev–Trinajstić information content (AvgIpc) is 2.55. The molecule has 5 nitrogen and oxygen atoms in total. The molecule has 24 heavy (non-hydrogen) atoms. The van der Waals surface area contributed by atoms with Gasteiger partial charge in [-0.15, -0.1) is 0 Å². The van der Waals surface area contributed by atoms with Gasteiger partial charge in [0, 0.05) is 16.3 Å². The van der Waals surface area contributed by atoms with Gasteiger partial charge in [0.05, 0.1) is 5.56 Å². The molecule has 124 valence electrons. The van der Waals surface area contributed by atoms with E-state index in [9.17, 15) is 14.4 Å². The van der Waals surface area contributed by atoms with E-state index in [1.54, 1.807) is 36.4 Å². The van der Waals surface area contributed by atoms with Crippen molar-refractivity contribution in [2.45, 2.75) is 20.0 Å². The van der Waals surface area contributed by atoms with E-state index in [-0.39, 0.29) is 5.78 Å².